The monoisotopic (exact) mass is 669 g/mol. The highest BCUT2D eigenvalue weighted by Crippen LogP contribution is 2.40. The number of benzene rings is 7. The van der Waals surface area contributed by atoms with Gasteiger partial charge in [0.25, 0.3) is 0 Å². The van der Waals surface area contributed by atoms with Crippen LogP contribution in [0.5, 0.6) is 0 Å². The highest BCUT2D eigenvalue weighted by atomic mass is 32.1. The molecule has 0 unspecified atom stereocenters. The topological polar surface area (TPSA) is 21.9 Å². The van der Waals surface area contributed by atoms with E-state index in [2.05, 4.69) is 184 Å². The Morgan fingerprint density at radius 1 is 0.431 bits per heavy atom. The lowest BCUT2D eigenvalue weighted by Gasteiger charge is -2.15. The highest BCUT2D eigenvalue weighted by molar-refractivity contribution is 7.25. The quantitative estimate of drug-likeness (QED) is 0.198. The molecule has 240 valence electrons. The van der Waals surface area contributed by atoms with E-state index in [0.717, 1.165) is 23.7 Å². The van der Waals surface area contributed by atoms with Crippen LogP contribution < -0.4 is 5.32 Å². The van der Waals surface area contributed by atoms with Gasteiger partial charge < -0.3 is 9.88 Å². The van der Waals surface area contributed by atoms with Crippen molar-refractivity contribution in [2.75, 3.05) is 11.9 Å². The molecule has 4 heteroatoms. The standard InChI is InChI=1S/C47H31N3S/c1-5-19-43-36(14-1)40-17-9-25-48-47(40)50(43)35-22-24-44-41(29-35)37-15-2-4-18-42(37)49(44)34-13-8-12-32(27-34)30-10-7-11-31(26-30)33-21-23-39-38-16-3-6-20-45(38)51-46(39)28-33/h1-24,26-29,48H,25H2. The predicted octanol–water partition coefficient (Wildman–Crippen LogP) is 12.9. The lowest BCUT2D eigenvalue weighted by molar-refractivity contribution is 1.10. The van der Waals surface area contributed by atoms with Crippen LogP contribution in [0.1, 0.15) is 5.56 Å². The first-order valence-electron chi connectivity index (χ1n) is 17.5. The van der Waals surface area contributed by atoms with Crippen LogP contribution in [0.25, 0.3) is 92.6 Å². The number of thiophene rings is 1. The van der Waals surface area contributed by atoms with Gasteiger partial charge in [0, 0.05) is 59.8 Å². The van der Waals surface area contributed by atoms with E-state index in [0.29, 0.717) is 0 Å². The summed E-state index contributed by atoms with van der Waals surface area (Å²) in [6.45, 7) is 0.825. The van der Waals surface area contributed by atoms with Crippen molar-refractivity contribution in [1.29, 1.82) is 0 Å². The fraction of sp³-hybridized carbons (Fsp3) is 0.0213. The third kappa shape index (κ3) is 4.37. The average Bonchev–Trinajstić information content (AvgIpc) is 3.85. The van der Waals surface area contributed by atoms with Crippen molar-refractivity contribution in [3.63, 3.8) is 0 Å². The van der Waals surface area contributed by atoms with Gasteiger partial charge in [0.2, 0.25) is 0 Å². The van der Waals surface area contributed by atoms with Crippen LogP contribution in [0.4, 0.5) is 5.82 Å². The van der Waals surface area contributed by atoms with Crippen LogP contribution in [0.15, 0.2) is 164 Å². The summed E-state index contributed by atoms with van der Waals surface area (Å²) < 4.78 is 7.46. The Kier molecular flexibility index (Phi) is 6.18. The van der Waals surface area contributed by atoms with E-state index in [4.69, 9.17) is 0 Å². The number of hydrogen-bond acceptors (Lipinski definition) is 2. The Morgan fingerprint density at radius 3 is 1.94 bits per heavy atom. The minimum absolute atomic E-state index is 0.825. The van der Waals surface area contributed by atoms with Crippen LogP contribution in [0.3, 0.4) is 0 Å². The number of para-hydroxylation sites is 2. The molecule has 3 aromatic heterocycles. The molecule has 1 aliphatic heterocycles. The SMILES string of the molecule is C1=Cc2c(n(-c3ccc4c(c3)c3ccccc3n4-c3cccc(-c4cccc(-c5ccc6c(c5)sc5ccccc56)c4)c3)c3ccccc23)NC1. The van der Waals surface area contributed by atoms with Gasteiger partial charge in [-0.1, -0.05) is 109 Å². The van der Waals surface area contributed by atoms with E-state index in [1.165, 1.54) is 80.7 Å². The number of anilines is 1. The maximum atomic E-state index is 3.66. The van der Waals surface area contributed by atoms with E-state index in [1.807, 2.05) is 11.3 Å². The summed E-state index contributed by atoms with van der Waals surface area (Å²) in [7, 11) is 0. The Labute approximate surface area is 298 Å². The summed E-state index contributed by atoms with van der Waals surface area (Å²) in [6, 6.07) is 58.0. The van der Waals surface area contributed by atoms with E-state index in [9.17, 15) is 0 Å². The van der Waals surface area contributed by atoms with Crippen LogP contribution in [-0.4, -0.2) is 15.7 Å². The van der Waals surface area contributed by atoms with E-state index < -0.39 is 0 Å². The fourth-order valence-corrected chi connectivity index (χ4v) is 9.34. The van der Waals surface area contributed by atoms with Crippen LogP contribution in [0.2, 0.25) is 0 Å². The van der Waals surface area contributed by atoms with Gasteiger partial charge in [-0.2, -0.15) is 0 Å². The van der Waals surface area contributed by atoms with Crippen molar-refractivity contribution in [2.45, 2.75) is 0 Å². The summed E-state index contributed by atoms with van der Waals surface area (Å²) in [5.74, 6) is 1.15. The molecule has 0 radical (unpaired) electrons. The van der Waals surface area contributed by atoms with Crippen LogP contribution >= 0.6 is 11.3 Å². The van der Waals surface area contributed by atoms with Crippen molar-refractivity contribution in [3.05, 3.63) is 169 Å². The molecule has 0 atom stereocenters. The molecule has 0 amide bonds. The fourth-order valence-electron chi connectivity index (χ4n) is 8.19. The molecule has 10 aromatic rings. The molecule has 4 heterocycles. The molecule has 0 spiro atoms. The van der Waals surface area contributed by atoms with E-state index in [-0.39, 0.29) is 0 Å². The van der Waals surface area contributed by atoms with Gasteiger partial charge in [-0.15, -0.1) is 11.3 Å². The summed E-state index contributed by atoms with van der Waals surface area (Å²) in [5, 5.41) is 10.1. The number of fused-ring (bicyclic) bond motifs is 9. The summed E-state index contributed by atoms with van der Waals surface area (Å²) in [5.41, 5.74) is 12.0. The lowest BCUT2D eigenvalue weighted by atomic mass is 9.98. The molecule has 11 rings (SSSR count). The zero-order valence-corrected chi connectivity index (χ0v) is 28.5. The first kappa shape index (κ1) is 28.5. The molecule has 1 N–H and O–H groups in total. The molecule has 7 aromatic carbocycles. The van der Waals surface area contributed by atoms with Crippen molar-refractivity contribution >= 4 is 76.1 Å². The van der Waals surface area contributed by atoms with Gasteiger partial charge in [-0.05, 0) is 82.9 Å². The maximum absolute atomic E-state index is 3.66. The molecule has 51 heavy (non-hydrogen) atoms. The van der Waals surface area contributed by atoms with Gasteiger partial charge in [0.05, 0.1) is 16.6 Å². The van der Waals surface area contributed by atoms with Gasteiger partial charge in [0.15, 0.2) is 0 Å². The van der Waals surface area contributed by atoms with Crippen molar-refractivity contribution in [2.24, 2.45) is 0 Å². The second-order valence-electron chi connectivity index (χ2n) is 13.4. The second kappa shape index (κ2) is 11.1. The number of hydrogen-bond donors (Lipinski definition) is 1. The van der Waals surface area contributed by atoms with Crippen molar-refractivity contribution < 1.29 is 0 Å². The number of nitrogens with one attached hydrogen (secondary N) is 1. The third-order valence-corrected chi connectivity index (χ3v) is 11.6. The molecule has 3 nitrogen and oxygen atoms in total. The molecule has 0 saturated heterocycles. The Bertz CT molecular complexity index is 3040. The minimum Gasteiger partial charge on any atom is -0.367 e. The van der Waals surface area contributed by atoms with Gasteiger partial charge >= 0.3 is 0 Å². The van der Waals surface area contributed by atoms with E-state index in [1.54, 1.807) is 0 Å². The largest absolute Gasteiger partial charge is 0.367 e. The zero-order chi connectivity index (χ0) is 33.5. The maximum Gasteiger partial charge on any atom is 0.119 e. The Morgan fingerprint density at radius 2 is 1.08 bits per heavy atom. The molecular formula is C47H31N3S. The normalized spacial score (nSPS) is 12.7. The highest BCUT2D eigenvalue weighted by Gasteiger charge is 2.20. The molecular weight excluding hydrogens is 639 g/mol. The van der Waals surface area contributed by atoms with Crippen LogP contribution in [-0.2, 0) is 0 Å². The van der Waals surface area contributed by atoms with Gasteiger partial charge in [0.1, 0.15) is 5.82 Å². The van der Waals surface area contributed by atoms with E-state index >= 15 is 0 Å². The third-order valence-electron chi connectivity index (χ3n) is 10.5. The lowest BCUT2D eigenvalue weighted by Crippen LogP contribution is -2.08. The Hall–Kier alpha value is -6.36. The molecule has 0 aliphatic carbocycles. The minimum atomic E-state index is 0.825. The molecule has 0 saturated carbocycles. The van der Waals surface area contributed by atoms with Crippen molar-refractivity contribution in [3.8, 4) is 33.6 Å². The number of rotatable bonds is 4. The number of aromatic nitrogens is 2. The summed E-state index contributed by atoms with van der Waals surface area (Å²) in [4.78, 5) is 0. The first-order chi connectivity index (χ1) is 25.3. The summed E-state index contributed by atoms with van der Waals surface area (Å²) in [6.07, 6.45) is 4.45. The van der Waals surface area contributed by atoms with Crippen molar-refractivity contribution in [1.82, 2.24) is 9.13 Å². The Balaban J connectivity index is 1.03. The predicted molar refractivity (Wildman–Crippen MR) is 219 cm³/mol. The second-order valence-corrected chi connectivity index (χ2v) is 14.5. The van der Waals surface area contributed by atoms with Gasteiger partial charge in [-0.3, -0.25) is 4.57 Å². The average molecular weight is 670 g/mol. The molecule has 0 bridgehead atoms. The summed E-state index contributed by atoms with van der Waals surface area (Å²) >= 11 is 1.87. The first-order valence-corrected chi connectivity index (χ1v) is 18.3. The number of nitrogens with zero attached hydrogens (tertiary/aromatic N) is 2. The van der Waals surface area contributed by atoms with Gasteiger partial charge in [-0.25, -0.2) is 0 Å². The van der Waals surface area contributed by atoms with Crippen LogP contribution in [0, 0.1) is 0 Å². The zero-order valence-electron chi connectivity index (χ0n) is 27.7. The molecule has 1 aliphatic rings. The smallest absolute Gasteiger partial charge is 0.119 e. The molecule has 0 fully saturated rings.